The van der Waals surface area contributed by atoms with Gasteiger partial charge in [0.05, 0.1) is 23.6 Å². The molecule has 33 heavy (non-hydrogen) atoms. The second kappa shape index (κ2) is 12.1. The third kappa shape index (κ3) is 7.66. The first-order chi connectivity index (χ1) is 15.9. The van der Waals surface area contributed by atoms with Crippen LogP contribution in [0.2, 0.25) is 0 Å². The molecule has 0 aliphatic rings. The van der Waals surface area contributed by atoms with Gasteiger partial charge in [-0.1, -0.05) is 17.8 Å². The third-order valence-corrected chi connectivity index (χ3v) is 5.73. The zero-order valence-corrected chi connectivity index (χ0v) is 19.7. The fourth-order valence-electron chi connectivity index (χ4n) is 2.40. The average molecular weight is 507 g/mol. The van der Waals surface area contributed by atoms with Gasteiger partial charge in [-0.15, -0.1) is 33.1 Å². The van der Waals surface area contributed by atoms with Crippen molar-refractivity contribution in [1.29, 1.82) is 0 Å². The van der Waals surface area contributed by atoms with Crippen molar-refractivity contribution in [2.24, 2.45) is 0 Å². The molecule has 0 aliphatic carbocycles. The van der Waals surface area contributed by atoms with Gasteiger partial charge in [-0.05, 0) is 18.2 Å². The van der Waals surface area contributed by atoms with Crippen LogP contribution in [-0.2, 0) is 20.8 Å². The summed E-state index contributed by atoms with van der Waals surface area (Å²) in [5.41, 5.74) is 3.98. The Bertz CT molecular complexity index is 1150. The molecule has 0 atom stereocenters. The van der Waals surface area contributed by atoms with Crippen LogP contribution in [0.4, 0.5) is 5.13 Å². The Balaban J connectivity index is 1.61. The first kappa shape index (κ1) is 24.4. The number of nitrogens with one attached hydrogen (secondary N) is 3. The number of carbonyl (C=O) groups is 3. The zero-order valence-electron chi connectivity index (χ0n) is 17.3. The number of anilines is 1. The molecule has 3 aromatic heterocycles. The van der Waals surface area contributed by atoms with E-state index in [-0.39, 0.29) is 35.8 Å². The molecule has 0 spiro atoms. The van der Waals surface area contributed by atoms with Gasteiger partial charge in [0.2, 0.25) is 22.9 Å². The molecule has 3 aromatic rings. The second-order valence-electron chi connectivity index (χ2n) is 6.35. The summed E-state index contributed by atoms with van der Waals surface area (Å²) in [6, 6.07) is 5.46. The molecule has 0 saturated heterocycles. The van der Waals surface area contributed by atoms with Crippen LogP contribution in [-0.4, -0.2) is 54.2 Å². The number of rotatable bonds is 10. The SMILES string of the molecule is CC(=O)Nn1c(Cc2csc(NC(=O)CCl)n2)nnc1SCC(=O)NC=Cc1ccccn1. The maximum Gasteiger partial charge on any atom is 0.241 e. The molecular weight excluding hydrogens is 488 g/mol. The molecule has 0 saturated carbocycles. The quantitative estimate of drug-likeness (QED) is 0.279. The van der Waals surface area contributed by atoms with E-state index in [0.29, 0.717) is 27.5 Å². The van der Waals surface area contributed by atoms with Gasteiger partial charge in [-0.25, -0.2) is 9.66 Å². The number of hydrogen-bond acceptors (Lipinski definition) is 9. The highest BCUT2D eigenvalue weighted by molar-refractivity contribution is 7.99. The number of halogens is 1. The topological polar surface area (TPSA) is 144 Å². The summed E-state index contributed by atoms with van der Waals surface area (Å²) in [6.45, 7) is 1.36. The van der Waals surface area contributed by atoms with E-state index in [4.69, 9.17) is 11.6 Å². The first-order valence-electron chi connectivity index (χ1n) is 9.46. The first-order valence-corrected chi connectivity index (χ1v) is 11.9. The van der Waals surface area contributed by atoms with Gasteiger partial charge in [0.1, 0.15) is 5.88 Å². The third-order valence-electron chi connectivity index (χ3n) is 3.75. The summed E-state index contributed by atoms with van der Waals surface area (Å²) in [5.74, 6) is -0.636. The Morgan fingerprint density at radius 1 is 1.24 bits per heavy atom. The van der Waals surface area contributed by atoms with E-state index < -0.39 is 0 Å². The van der Waals surface area contributed by atoms with Crippen LogP contribution in [0.25, 0.3) is 6.08 Å². The Hall–Kier alpha value is -3.29. The van der Waals surface area contributed by atoms with E-state index in [9.17, 15) is 14.4 Å². The number of thioether (sulfide) groups is 1. The van der Waals surface area contributed by atoms with Gasteiger partial charge in [0.25, 0.3) is 0 Å². The summed E-state index contributed by atoms with van der Waals surface area (Å²) in [7, 11) is 0. The number of hydrogen-bond donors (Lipinski definition) is 3. The second-order valence-corrected chi connectivity index (χ2v) is 8.42. The van der Waals surface area contributed by atoms with E-state index in [1.807, 2.05) is 12.1 Å². The highest BCUT2D eigenvalue weighted by Gasteiger charge is 2.17. The molecule has 3 amide bonds. The molecule has 0 radical (unpaired) electrons. The summed E-state index contributed by atoms with van der Waals surface area (Å²) >= 11 is 7.84. The number of nitrogens with zero attached hydrogens (tertiary/aromatic N) is 5. The van der Waals surface area contributed by atoms with Crippen molar-refractivity contribution in [2.45, 2.75) is 18.5 Å². The van der Waals surface area contributed by atoms with E-state index in [1.54, 1.807) is 23.7 Å². The largest absolute Gasteiger partial charge is 0.332 e. The summed E-state index contributed by atoms with van der Waals surface area (Å²) in [5, 5.41) is 15.9. The van der Waals surface area contributed by atoms with Crippen LogP contribution in [0.15, 0.2) is 41.1 Å². The molecular formula is C19H19ClN8O3S2. The lowest BCUT2D eigenvalue weighted by Gasteiger charge is -2.09. The Morgan fingerprint density at radius 2 is 2.09 bits per heavy atom. The van der Waals surface area contributed by atoms with Crippen LogP contribution in [0.1, 0.15) is 24.1 Å². The molecule has 11 nitrogen and oxygen atoms in total. The van der Waals surface area contributed by atoms with Gasteiger partial charge in [0.15, 0.2) is 11.0 Å². The fraction of sp³-hybridized carbons (Fsp3) is 0.211. The molecule has 0 aromatic carbocycles. The Kier molecular flexibility index (Phi) is 8.92. The van der Waals surface area contributed by atoms with Gasteiger partial charge in [-0.3, -0.25) is 24.8 Å². The number of carbonyl (C=O) groups excluding carboxylic acids is 3. The maximum absolute atomic E-state index is 12.2. The normalized spacial score (nSPS) is 10.8. The lowest BCUT2D eigenvalue weighted by molar-refractivity contribution is -0.117. The molecule has 3 heterocycles. The summed E-state index contributed by atoms with van der Waals surface area (Å²) in [6.07, 6.45) is 5.10. The van der Waals surface area contributed by atoms with Crippen LogP contribution >= 0.6 is 34.7 Å². The van der Waals surface area contributed by atoms with Crippen molar-refractivity contribution < 1.29 is 14.4 Å². The lowest BCUT2D eigenvalue weighted by Crippen LogP contribution is -2.24. The minimum absolute atomic E-state index is 0.0512. The van der Waals surface area contributed by atoms with Crippen molar-refractivity contribution in [3.05, 3.63) is 53.2 Å². The van der Waals surface area contributed by atoms with Crippen molar-refractivity contribution in [3.63, 3.8) is 0 Å². The molecule has 0 aliphatic heterocycles. The molecule has 0 unspecified atom stereocenters. The number of thiazole rings is 1. The minimum atomic E-state index is -0.356. The van der Waals surface area contributed by atoms with Crippen molar-refractivity contribution in [1.82, 2.24) is 30.2 Å². The number of pyridine rings is 1. The highest BCUT2D eigenvalue weighted by Crippen LogP contribution is 2.20. The minimum Gasteiger partial charge on any atom is -0.332 e. The van der Waals surface area contributed by atoms with Crippen LogP contribution in [0.5, 0.6) is 0 Å². The van der Waals surface area contributed by atoms with Gasteiger partial charge >= 0.3 is 0 Å². The molecule has 14 heteroatoms. The Morgan fingerprint density at radius 3 is 2.82 bits per heavy atom. The Labute approximate surface area is 202 Å². The van der Waals surface area contributed by atoms with E-state index >= 15 is 0 Å². The standard InChI is InChI=1S/C19H19ClN8O3S2/c1-12(29)27-28-15(8-14-10-32-18(23-14)24-16(30)9-20)25-26-19(28)33-11-17(31)22-7-5-13-4-2-3-6-21-13/h2-7,10H,8-9,11H2,1H3,(H,22,31)(H,27,29)(H,23,24,30). The van der Waals surface area contributed by atoms with Crippen LogP contribution < -0.4 is 16.1 Å². The average Bonchev–Trinajstić information content (AvgIpc) is 3.39. The predicted molar refractivity (Wildman–Crippen MR) is 126 cm³/mol. The van der Waals surface area contributed by atoms with E-state index in [1.165, 1.54) is 29.1 Å². The smallest absolute Gasteiger partial charge is 0.241 e. The molecule has 0 bridgehead atoms. The summed E-state index contributed by atoms with van der Waals surface area (Å²) < 4.78 is 1.42. The van der Waals surface area contributed by atoms with Crippen LogP contribution in [0.3, 0.4) is 0 Å². The highest BCUT2D eigenvalue weighted by atomic mass is 35.5. The van der Waals surface area contributed by atoms with Gasteiger partial charge < -0.3 is 10.6 Å². The van der Waals surface area contributed by atoms with Crippen molar-refractivity contribution >= 4 is 63.6 Å². The number of aromatic nitrogens is 5. The van der Waals surface area contributed by atoms with Gasteiger partial charge in [0, 0.05) is 24.7 Å². The lowest BCUT2D eigenvalue weighted by atomic mass is 10.3. The monoisotopic (exact) mass is 506 g/mol. The van der Waals surface area contributed by atoms with Crippen molar-refractivity contribution in [3.8, 4) is 0 Å². The van der Waals surface area contributed by atoms with E-state index in [0.717, 1.165) is 11.8 Å². The zero-order chi connectivity index (χ0) is 23.6. The number of amides is 3. The van der Waals surface area contributed by atoms with Gasteiger partial charge in [-0.2, -0.15) is 0 Å². The molecule has 0 fully saturated rings. The maximum atomic E-state index is 12.2. The number of alkyl halides is 1. The molecule has 3 rings (SSSR count). The van der Waals surface area contributed by atoms with Crippen LogP contribution in [0, 0.1) is 0 Å². The molecule has 172 valence electrons. The van der Waals surface area contributed by atoms with Crippen molar-refractivity contribution in [2.75, 3.05) is 22.4 Å². The summed E-state index contributed by atoms with van der Waals surface area (Å²) in [4.78, 5) is 43.7. The fourth-order valence-corrected chi connectivity index (χ4v) is 3.92. The molecule has 3 N–H and O–H groups in total. The van der Waals surface area contributed by atoms with E-state index in [2.05, 4.69) is 36.2 Å². The predicted octanol–water partition coefficient (Wildman–Crippen LogP) is 1.87.